The van der Waals surface area contributed by atoms with E-state index in [1.807, 2.05) is 0 Å². The Morgan fingerprint density at radius 1 is 1.06 bits per heavy atom. The largest absolute Gasteiger partial charge is 0.350 e. The fourth-order valence-corrected chi connectivity index (χ4v) is 2.37. The molecule has 0 saturated heterocycles. The van der Waals surface area contributed by atoms with E-state index >= 15 is 0 Å². The Hall–Kier alpha value is -1.28. The van der Waals surface area contributed by atoms with E-state index < -0.39 is 0 Å². The van der Waals surface area contributed by atoms with Crippen molar-refractivity contribution in [1.29, 1.82) is 0 Å². The van der Waals surface area contributed by atoms with Gasteiger partial charge in [0.05, 0.1) is 0 Å². The summed E-state index contributed by atoms with van der Waals surface area (Å²) in [6, 6.07) is 6.71. The number of rotatable bonds is 1. The lowest BCUT2D eigenvalue weighted by Crippen LogP contribution is -2.28. The molecule has 0 bridgehead atoms. The average molecular weight is 244 g/mol. The smallest absolute Gasteiger partial charge is 0.0481 e. The topological polar surface area (TPSA) is 30.9 Å². The van der Waals surface area contributed by atoms with E-state index in [0.717, 1.165) is 0 Å². The fourth-order valence-electron chi connectivity index (χ4n) is 2.37. The van der Waals surface area contributed by atoms with Crippen molar-refractivity contribution in [2.45, 2.75) is 45.6 Å². The molecular formula is C16H24N2. The van der Waals surface area contributed by atoms with Crippen molar-refractivity contribution < 1.29 is 0 Å². The van der Waals surface area contributed by atoms with Crippen LogP contribution in [0, 0.1) is 0 Å². The molecule has 0 spiro atoms. The molecule has 2 heteroatoms. The molecule has 98 valence electrons. The van der Waals surface area contributed by atoms with Crippen molar-refractivity contribution in [3.63, 3.8) is 0 Å². The molecule has 0 radical (unpaired) electrons. The highest BCUT2D eigenvalue weighted by molar-refractivity contribution is 5.85. The molecule has 0 fully saturated rings. The van der Waals surface area contributed by atoms with Gasteiger partial charge in [-0.25, -0.2) is 0 Å². The second-order valence-electron chi connectivity index (χ2n) is 6.86. The number of nitrogens with zero attached hydrogens (tertiary/aromatic N) is 1. The SMILES string of the molecule is Cn1cc(C(C)(C)N)c2cc(C(C)(C)C)ccc21. The average Bonchev–Trinajstić information content (AvgIpc) is 2.54. The number of benzene rings is 1. The zero-order valence-corrected chi connectivity index (χ0v) is 12.3. The molecule has 2 nitrogen and oxygen atoms in total. The Balaban J connectivity index is 2.75. The molecule has 2 N–H and O–H groups in total. The van der Waals surface area contributed by atoms with Gasteiger partial charge >= 0.3 is 0 Å². The predicted octanol–water partition coefficient (Wildman–Crippen LogP) is 3.67. The first-order valence-electron chi connectivity index (χ1n) is 6.49. The van der Waals surface area contributed by atoms with E-state index in [0.29, 0.717) is 0 Å². The second-order valence-corrected chi connectivity index (χ2v) is 6.86. The molecule has 2 rings (SSSR count). The van der Waals surface area contributed by atoms with Crippen molar-refractivity contribution >= 4 is 10.9 Å². The maximum Gasteiger partial charge on any atom is 0.0481 e. The summed E-state index contributed by atoms with van der Waals surface area (Å²) in [7, 11) is 2.08. The van der Waals surface area contributed by atoms with Crippen LogP contribution in [0.5, 0.6) is 0 Å². The molecule has 1 heterocycles. The van der Waals surface area contributed by atoms with Crippen molar-refractivity contribution in [2.75, 3.05) is 0 Å². The monoisotopic (exact) mass is 244 g/mol. The minimum absolute atomic E-state index is 0.167. The van der Waals surface area contributed by atoms with Gasteiger partial charge in [-0.3, -0.25) is 0 Å². The van der Waals surface area contributed by atoms with Gasteiger partial charge in [0.2, 0.25) is 0 Å². The molecule has 0 amide bonds. The van der Waals surface area contributed by atoms with Crippen molar-refractivity contribution in [3.8, 4) is 0 Å². The van der Waals surface area contributed by atoms with Gasteiger partial charge in [0.1, 0.15) is 0 Å². The Labute approximate surface area is 110 Å². The minimum Gasteiger partial charge on any atom is -0.350 e. The van der Waals surface area contributed by atoms with E-state index in [1.54, 1.807) is 0 Å². The second kappa shape index (κ2) is 3.86. The first-order valence-corrected chi connectivity index (χ1v) is 6.49. The summed E-state index contributed by atoms with van der Waals surface area (Å²) in [5, 5.41) is 1.28. The molecule has 0 saturated carbocycles. The summed E-state index contributed by atoms with van der Waals surface area (Å²) in [4.78, 5) is 0. The quantitative estimate of drug-likeness (QED) is 0.815. The van der Waals surface area contributed by atoms with E-state index in [-0.39, 0.29) is 11.0 Å². The summed E-state index contributed by atoms with van der Waals surface area (Å²) in [5.74, 6) is 0. The predicted molar refractivity (Wildman–Crippen MR) is 78.8 cm³/mol. The first kappa shape index (κ1) is 13.2. The lowest BCUT2D eigenvalue weighted by atomic mass is 9.85. The lowest BCUT2D eigenvalue weighted by molar-refractivity contribution is 0.557. The summed E-state index contributed by atoms with van der Waals surface area (Å²) in [5.41, 5.74) is 9.95. The molecule has 0 aliphatic carbocycles. The van der Waals surface area contributed by atoms with Gasteiger partial charge in [-0.2, -0.15) is 0 Å². The van der Waals surface area contributed by atoms with Crippen molar-refractivity contribution in [2.24, 2.45) is 12.8 Å². The Bertz CT molecular complexity index is 577. The van der Waals surface area contributed by atoms with E-state index in [9.17, 15) is 0 Å². The highest BCUT2D eigenvalue weighted by Gasteiger charge is 2.22. The van der Waals surface area contributed by atoms with Crippen LogP contribution < -0.4 is 5.73 Å². The van der Waals surface area contributed by atoms with Crippen LogP contribution in [0.1, 0.15) is 45.7 Å². The van der Waals surface area contributed by atoms with Gasteiger partial charge in [-0.1, -0.05) is 26.8 Å². The Morgan fingerprint density at radius 3 is 2.17 bits per heavy atom. The van der Waals surface area contributed by atoms with Crippen molar-refractivity contribution in [1.82, 2.24) is 4.57 Å². The van der Waals surface area contributed by atoms with Gasteiger partial charge in [0, 0.05) is 29.7 Å². The number of fused-ring (bicyclic) bond motifs is 1. The fraction of sp³-hybridized carbons (Fsp3) is 0.500. The highest BCUT2D eigenvalue weighted by atomic mass is 14.9. The summed E-state index contributed by atoms with van der Waals surface area (Å²) in [6.07, 6.45) is 2.15. The summed E-state index contributed by atoms with van der Waals surface area (Å²) in [6.45, 7) is 10.8. The van der Waals surface area contributed by atoms with E-state index in [1.165, 1.54) is 22.0 Å². The van der Waals surface area contributed by atoms with E-state index in [2.05, 4.69) is 70.6 Å². The van der Waals surface area contributed by atoms with Gasteiger partial charge in [0.15, 0.2) is 0 Å². The van der Waals surface area contributed by atoms with Crippen LogP contribution in [0.25, 0.3) is 10.9 Å². The van der Waals surface area contributed by atoms with Gasteiger partial charge < -0.3 is 10.3 Å². The maximum atomic E-state index is 6.28. The van der Waals surface area contributed by atoms with Crippen LogP contribution >= 0.6 is 0 Å². The van der Waals surface area contributed by atoms with Crippen molar-refractivity contribution in [3.05, 3.63) is 35.5 Å². The third-order valence-corrected chi connectivity index (χ3v) is 3.55. The highest BCUT2D eigenvalue weighted by Crippen LogP contribution is 2.32. The zero-order chi connectivity index (χ0) is 13.7. The number of hydrogen-bond donors (Lipinski definition) is 1. The Kier molecular flexibility index (Phi) is 2.82. The van der Waals surface area contributed by atoms with Gasteiger partial charge in [-0.05, 0) is 42.5 Å². The number of nitrogens with two attached hydrogens (primary N) is 1. The molecule has 1 aromatic heterocycles. The standard InChI is InChI=1S/C16H24N2/c1-15(2,3)11-7-8-14-12(9-11)13(10-18(14)6)16(4,5)17/h7-10H,17H2,1-6H3. The summed E-state index contributed by atoms with van der Waals surface area (Å²) < 4.78 is 2.16. The minimum atomic E-state index is -0.310. The van der Waals surface area contributed by atoms with E-state index in [4.69, 9.17) is 5.73 Å². The number of aryl methyl sites for hydroxylation is 1. The summed E-state index contributed by atoms with van der Waals surface area (Å²) >= 11 is 0. The molecular weight excluding hydrogens is 220 g/mol. The van der Waals surface area contributed by atoms with Gasteiger partial charge in [-0.15, -0.1) is 0 Å². The zero-order valence-electron chi connectivity index (χ0n) is 12.3. The molecule has 2 aromatic rings. The third kappa shape index (κ3) is 2.17. The molecule has 0 aliphatic rings. The Morgan fingerprint density at radius 2 is 1.67 bits per heavy atom. The van der Waals surface area contributed by atoms with Crippen LogP contribution in [0.15, 0.2) is 24.4 Å². The van der Waals surface area contributed by atoms with Crippen LogP contribution in [-0.4, -0.2) is 4.57 Å². The van der Waals surface area contributed by atoms with Crippen LogP contribution in [0.3, 0.4) is 0 Å². The molecule has 0 aliphatic heterocycles. The number of hydrogen-bond acceptors (Lipinski definition) is 1. The molecule has 0 unspecified atom stereocenters. The normalized spacial score (nSPS) is 13.3. The number of aromatic nitrogens is 1. The lowest BCUT2D eigenvalue weighted by Gasteiger charge is -2.21. The third-order valence-electron chi connectivity index (χ3n) is 3.55. The van der Waals surface area contributed by atoms with Gasteiger partial charge in [0.25, 0.3) is 0 Å². The molecule has 1 aromatic carbocycles. The van der Waals surface area contributed by atoms with Crippen LogP contribution in [-0.2, 0) is 18.0 Å². The van der Waals surface area contributed by atoms with Crippen LogP contribution in [0.2, 0.25) is 0 Å². The first-order chi connectivity index (χ1) is 8.10. The maximum absolute atomic E-state index is 6.28. The van der Waals surface area contributed by atoms with Crippen LogP contribution in [0.4, 0.5) is 0 Å². The molecule has 18 heavy (non-hydrogen) atoms. The molecule has 0 atom stereocenters.